The zero-order valence-electron chi connectivity index (χ0n) is 8.97. The molecule has 1 rings (SSSR count). The van der Waals surface area contributed by atoms with E-state index in [1.807, 2.05) is 6.92 Å². The van der Waals surface area contributed by atoms with Crippen LogP contribution in [0.25, 0.3) is 0 Å². The van der Waals surface area contributed by atoms with Gasteiger partial charge in [-0.2, -0.15) is 0 Å². The first-order chi connectivity index (χ1) is 7.06. The Bertz CT molecular complexity index is 348. The Labute approximate surface area is 88.1 Å². The van der Waals surface area contributed by atoms with Crippen molar-refractivity contribution in [3.63, 3.8) is 0 Å². The van der Waals surface area contributed by atoms with Gasteiger partial charge in [-0.15, -0.1) is 5.10 Å². The van der Waals surface area contributed by atoms with Gasteiger partial charge in [0.05, 0.1) is 5.69 Å². The number of nitrogens with two attached hydrogens (primary N) is 1. The molecule has 0 aliphatic carbocycles. The number of carbonyl (C=O) groups is 1. The maximum atomic E-state index is 10.9. The molecule has 0 saturated carbocycles. The topological polar surface area (TPSA) is 94.0 Å². The molecule has 0 aliphatic heterocycles. The van der Waals surface area contributed by atoms with Gasteiger partial charge in [0, 0.05) is 13.2 Å². The highest BCUT2D eigenvalue weighted by Crippen LogP contribution is 2.08. The van der Waals surface area contributed by atoms with Crippen LogP contribution in [0.3, 0.4) is 0 Å². The van der Waals surface area contributed by atoms with Crippen molar-refractivity contribution in [1.82, 2.24) is 15.0 Å². The number of aliphatic hydroxyl groups is 1. The van der Waals surface area contributed by atoms with Gasteiger partial charge in [-0.1, -0.05) is 12.1 Å². The lowest BCUT2D eigenvalue weighted by Crippen LogP contribution is -2.15. The van der Waals surface area contributed by atoms with Crippen LogP contribution < -0.4 is 5.73 Å². The van der Waals surface area contributed by atoms with Crippen molar-refractivity contribution < 1.29 is 9.90 Å². The molecular formula is C9H16N4O2. The number of hydrogen-bond donors (Lipinski definition) is 2. The molecule has 84 valence electrons. The number of nitrogens with zero attached hydrogens (tertiary/aromatic N) is 3. The van der Waals surface area contributed by atoms with Crippen molar-refractivity contribution in [2.24, 2.45) is 11.7 Å². The van der Waals surface area contributed by atoms with Gasteiger partial charge in [0.1, 0.15) is 0 Å². The molecule has 1 atom stereocenters. The van der Waals surface area contributed by atoms with Crippen LogP contribution in [0.15, 0.2) is 0 Å². The van der Waals surface area contributed by atoms with E-state index >= 15 is 0 Å². The van der Waals surface area contributed by atoms with Crippen LogP contribution in [0.1, 0.15) is 29.5 Å². The van der Waals surface area contributed by atoms with Crippen LogP contribution in [0, 0.1) is 12.8 Å². The van der Waals surface area contributed by atoms with Crippen molar-refractivity contribution in [1.29, 1.82) is 0 Å². The number of amides is 1. The molecule has 15 heavy (non-hydrogen) atoms. The van der Waals surface area contributed by atoms with Gasteiger partial charge in [-0.05, 0) is 19.3 Å². The summed E-state index contributed by atoms with van der Waals surface area (Å²) in [5.74, 6) is -0.273. The molecule has 1 heterocycles. The summed E-state index contributed by atoms with van der Waals surface area (Å²) in [7, 11) is 0. The summed E-state index contributed by atoms with van der Waals surface area (Å²) in [6, 6.07) is 0. The molecule has 0 radical (unpaired) electrons. The molecule has 6 heteroatoms. The van der Waals surface area contributed by atoms with Gasteiger partial charge in [-0.25, -0.2) is 4.68 Å². The first-order valence-corrected chi connectivity index (χ1v) is 4.87. The smallest absolute Gasteiger partial charge is 0.271 e. The highest BCUT2D eigenvalue weighted by atomic mass is 16.3. The number of rotatable bonds is 5. The van der Waals surface area contributed by atoms with Gasteiger partial charge < -0.3 is 10.8 Å². The number of aromatic nitrogens is 3. The first kappa shape index (κ1) is 11.6. The average molecular weight is 212 g/mol. The lowest BCUT2D eigenvalue weighted by molar-refractivity contribution is 0.0995. The predicted molar refractivity (Wildman–Crippen MR) is 54.1 cm³/mol. The second-order valence-electron chi connectivity index (χ2n) is 3.69. The predicted octanol–water partition coefficient (Wildman–Crippen LogP) is -0.296. The number of carbonyl (C=O) groups excluding carboxylic acids is 1. The number of aliphatic hydroxyl groups excluding tert-OH is 1. The van der Waals surface area contributed by atoms with E-state index in [9.17, 15) is 4.79 Å². The molecule has 0 fully saturated rings. The molecule has 1 aromatic heterocycles. The van der Waals surface area contributed by atoms with Crippen molar-refractivity contribution in [2.45, 2.75) is 26.8 Å². The molecule has 0 aromatic carbocycles. The summed E-state index contributed by atoms with van der Waals surface area (Å²) in [6.45, 7) is 4.54. The zero-order valence-corrected chi connectivity index (χ0v) is 8.97. The van der Waals surface area contributed by atoms with E-state index in [1.165, 1.54) is 0 Å². The third-order valence-corrected chi connectivity index (χ3v) is 2.32. The Morgan fingerprint density at radius 1 is 1.67 bits per heavy atom. The number of hydrogen-bond acceptors (Lipinski definition) is 4. The second kappa shape index (κ2) is 4.88. The molecule has 0 bridgehead atoms. The second-order valence-corrected chi connectivity index (χ2v) is 3.69. The third-order valence-electron chi connectivity index (χ3n) is 2.32. The van der Waals surface area contributed by atoms with Crippen LogP contribution >= 0.6 is 0 Å². The highest BCUT2D eigenvalue weighted by molar-refractivity contribution is 5.91. The minimum absolute atomic E-state index is 0.150. The molecular weight excluding hydrogens is 196 g/mol. The van der Waals surface area contributed by atoms with Crippen LogP contribution in [-0.4, -0.2) is 32.6 Å². The SMILES string of the molecule is Cc1c(C(N)=O)nnn1CC(C)CCO. The fourth-order valence-corrected chi connectivity index (χ4v) is 1.37. The van der Waals surface area contributed by atoms with Crippen LogP contribution in [-0.2, 0) is 6.54 Å². The molecule has 1 aromatic rings. The summed E-state index contributed by atoms with van der Waals surface area (Å²) in [5, 5.41) is 16.3. The minimum Gasteiger partial charge on any atom is -0.396 e. The molecule has 0 aliphatic rings. The van der Waals surface area contributed by atoms with Gasteiger partial charge in [0.2, 0.25) is 0 Å². The molecule has 3 N–H and O–H groups in total. The lowest BCUT2D eigenvalue weighted by atomic mass is 10.1. The summed E-state index contributed by atoms with van der Waals surface area (Å²) in [5.41, 5.74) is 6.01. The largest absolute Gasteiger partial charge is 0.396 e. The third kappa shape index (κ3) is 2.76. The molecule has 0 saturated heterocycles. The zero-order chi connectivity index (χ0) is 11.4. The van der Waals surface area contributed by atoms with Gasteiger partial charge in [0.25, 0.3) is 5.91 Å². The Morgan fingerprint density at radius 2 is 2.33 bits per heavy atom. The van der Waals surface area contributed by atoms with Crippen LogP contribution in [0.2, 0.25) is 0 Å². The van der Waals surface area contributed by atoms with Gasteiger partial charge in [-0.3, -0.25) is 4.79 Å². The molecule has 6 nitrogen and oxygen atoms in total. The highest BCUT2D eigenvalue weighted by Gasteiger charge is 2.14. The number of primary amides is 1. The van der Waals surface area contributed by atoms with Crippen LogP contribution in [0.5, 0.6) is 0 Å². The molecule has 1 unspecified atom stereocenters. The summed E-state index contributed by atoms with van der Waals surface area (Å²) >= 11 is 0. The van der Waals surface area contributed by atoms with E-state index in [0.717, 1.165) is 0 Å². The van der Waals surface area contributed by atoms with Crippen molar-refractivity contribution in [3.05, 3.63) is 11.4 Å². The summed E-state index contributed by atoms with van der Waals surface area (Å²) in [6.07, 6.45) is 0.700. The first-order valence-electron chi connectivity index (χ1n) is 4.87. The summed E-state index contributed by atoms with van der Waals surface area (Å²) < 4.78 is 1.64. The van der Waals surface area contributed by atoms with E-state index in [4.69, 9.17) is 10.8 Å². The quantitative estimate of drug-likeness (QED) is 0.700. The van der Waals surface area contributed by atoms with E-state index in [0.29, 0.717) is 18.7 Å². The average Bonchev–Trinajstić information content (AvgIpc) is 2.48. The Morgan fingerprint density at radius 3 is 2.80 bits per heavy atom. The van der Waals surface area contributed by atoms with E-state index in [2.05, 4.69) is 10.3 Å². The molecule has 1 amide bonds. The van der Waals surface area contributed by atoms with Crippen molar-refractivity contribution >= 4 is 5.91 Å². The van der Waals surface area contributed by atoms with E-state index in [1.54, 1.807) is 11.6 Å². The van der Waals surface area contributed by atoms with Gasteiger partial charge >= 0.3 is 0 Å². The normalized spacial score (nSPS) is 12.7. The monoisotopic (exact) mass is 212 g/mol. The standard InChI is InChI=1S/C9H16N4O2/c1-6(3-4-14)5-13-7(2)8(9(10)15)11-12-13/h6,14H,3-5H2,1-2H3,(H2,10,15). The Hall–Kier alpha value is -1.43. The van der Waals surface area contributed by atoms with Crippen molar-refractivity contribution in [2.75, 3.05) is 6.61 Å². The van der Waals surface area contributed by atoms with Crippen LogP contribution in [0.4, 0.5) is 0 Å². The summed E-state index contributed by atoms with van der Waals surface area (Å²) in [4.78, 5) is 10.9. The Kier molecular flexibility index (Phi) is 3.79. The van der Waals surface area contributed by atoms with Crippen molar-refractivity contribution in [3.8, 4) is 0 Å². The van der Waals surface area contributed by atoms with E-state index in [-0.39, 0.29) is 18.2 Å². The fourth-order valence-electron chi connectivity index (χ4n) is 1.37. The minimum atomic E-state index is -0.562. The molecule has 0 spiro atoms. The maximum Gasteiger partial charge on any atom is 0.271 e. The lowest BCUT2D eigenvalue weighted by Gasteiger charge is -2.10. The maximum absolute atomic E-state index is 10.9. The Balaban J connectivity index is 2.74. The fraction of sp³-hybridized carbons (Fsp3) is 0.667. The van der Waals surface area contributed by atoms with Gasteiger partial charge in [0.15, 0.2) is 5.69 Å². The van der Waals surface area contributed by atoms with E-state index < -0.39 is 5.91 Å².